The molecule has 2 N–H and O–H groups in total. The fourth-order valence-electron chi connectivity index (χ4n) is 3.31. The molecule has 0 saturated carbocycles. The van der Waals surface area contributed by atoms with Crippen molar-refractivity contribution in [3.8, 4) is 17.2 Å². The van der Waals surface area contributed by atoms with Gasteiger partial charge in [0.25, 0.3) is 0 Å². The van der Waals surface area contributed by atoms with Gasteiger partial charge in [0, 0.05) is 16.8 Å². The van der Waals surface area contributed by atoms with Gasteiger partial charge in [-0.05, 0) is 36.8 Å². The van der Waals surface area contributed by atoms with Crippen molar-refractivity contribution in [1.29, 1.82) is 5.26 Å². The van der Waals surface area contributed by atoms with Gasteiger partial charge in [-0.3, -0.25) is 0 Å². The summed E-state index contributed by atoms with van der Waals surface area (Å²) in [7, 11) is 0. The average Bonchev–Trinajstić information content (AvgIpc) is 2.56. The molecule has 0 radical (unpaired) electrons. The van der Waals surface area contributed by atoms with Gasteiger partial charge in [-0.15, -0.1) is 0 Å². The van der Waals surface area contributed by atoms with Crippen LogP contribution in [0.1, 0.15) is 36.6 Å². The van der Waals surface area contributed by atoms with Gasteiger partial charge in [-0.2, -0.15) is 5.26 Å². The summed E-state index contributed by atoms with van der Waals surface area (Å²) >= 11 is 12.6. The summed E-state index contributed by atoms with van der Waals surface area (Å²) in [6.07, 6.45) is 3.99. The molecule has 1 unspecified atom stereocenters. The topological polar surface area (TPSA) is 62.7 Å². The van der Waals surface area contributed by atoms with E-state index in [4.69, 9.17) is 28.9 Å². The van der Waals surface area contributed by atoms with E-state index in [-0.39, 0.29) is 5.82 Å². The zero-order chi connectivity index (χ0) is 16.6. The molecule has 0 bridgehead atoms. The SMILES string of the molecule is CCC1CCc2nc(N)c(C#N)c(-c3cccc(Cl)c3Cl)c2C1. The molecule has 2 aromatic rings. The Hall–Kier alpha value is -1.76. The molecule has 1 aromatic carbocycles. The number of halogens is 2. The van der Waals surface area contributed by atoms with Crippen molar-refractivity contribution in [2.75, 3.05) is 5.73 Å². The number of nitrogen functional groups attached to an aromatic ring is 1. The number of hydrogen-bond acceptors (Lipinski definition) is 3. The second kappa shape index (κ2) is 6.39. The third-order valence-corrected chi connectivity index (χ3v) is 5.42. The number of pyridine rings is 1. The van der Waals surface area contributed by atoms with E-state index >= 15 is 0 Å². The van der Waals surface area contributed by atoms with Crippen LogP contribution in [0.5, 0.6) is 0 Å². The standard InChI is InChI=1S/C18H17Cl2N3/c1-2-10-6-7-15-12(8-10)16(13(9-21)18(22)23-15)11-4-3-5-14(19)17(11)20/h3-5,10H,2,6-8H2,1H3,(H2,22,23). The van der Waals surface area contributed by atoms with Gasteiger partial charge in [0.2, 0.25) is 0 Å². The highest BCUT2D eigenvalue weighted by Crippen LogP contribution is 2.42. The van der Waals surface area contributed by atoms with Crippen molar-refractivity contribution >= 4 is 29.0 Å². The predicted octanol–water partition coefficient (Wildman–Crippen LogP) is 5.02. The zero-order valence-electron chi connectivity index (χ0n) is 12.9. The first-order valence-electron chi connectivity index (χ1n) is 7.72. The quantitative estimate of drug-likeness (QED) is 0.830. The van der Waals surface area contributed by atoms with Crippen molar-refractivity contribution in [2.45, 2.75) is 32.6 Å². The molecule has 1 aliphatic carbocycles. The third kappa shape index (κ3) is 2.78. The molecule has 0 spiro atoms. The minimum absolute atomic E-state index is 0.271. The number of nitriles is 1. The van der Waals surface area contributed by atoms with E-state index in [0.29, 0.717) is 21.5 Å². The van der Waals surface area contributed by atoms with Crippen LogP contribution >= 0.6 is 23.2 Å². The number of aryl methyl sites for hydroxylation is 1. The Morgan fingerprint density at radius 3 is 2.87 bits per heavy atom. The van der Waals surface area contributed by atoms with E-state index in [1.54, 1.807) is 6.07 Å². The van der Waals surface area contributed by atoms with E-state index in [1.165, 1.54) is 0 Å². The Labute approximate surface area is 146 Å². The van der Waals surface area contributed by atoms with Crippen LogP contribution in [0.2, 0.25) is 10.0 Å². The Kier molecular flexibility index (Phi) is 4.48. The van der Waals surface area contributed by atoms with Gasteiger partial charge < -0.3 is 5.73 Å². The highest BCUT2D eigenvalue weighted by Gasteiger charge is 2.27. The number of nitrogens with two attached hydrogens (primary N) is 1. The molecule has 1 atom stereocenters. The fourth-order valence-corrected chi connectivity index (χ4v) is 3.70. The predicted molar refractivity (Wildman–Crippen MR) is 94.6 cm³/mol. The number of aromatic nitrogens is 1. The van der Waals surface area contributed by atoms with Crippen LogP contribution in [-0.4, -0.2) is 4.98 Å². The summed E-state index contributed by atoms with van der Waals surface area (Å²) in [5.41, 5.74) is 10.1. The summed E-state index contributed by atoms with van der Waals surface area (Å²) in [4.78, 5) is 4.47. The normalized spacial score (nSPS) is 16.7. The molecule has 23 heavy (non-hydrogen) atoms. The minimum Gasteiger partial charge on any atom is -0.383 e. The van der Waals surface area contributed by atoms with E-state index in [9.17, 15) is 5.26 Å². The molecule has 0 aliphatic heterocycles. The summed E-state index contributed by atoms with van der Waals surface area (Å²) in [5, 5.41) is 10.5. The molecule has 0 saturated heterocycles. The lowest BCUT2D eigenvalue weighted by Crippen LogP contribution is -2.18. The first-order valence-corrected chi connectivity index (χ1v) is 8.48. The summed E-state index contributed by atoms with van der Waals surface area (Å²) in [5.74, 6) is 0.864. The maximum Gasteiger partial charge on any atom is 0.142 e. The highest BCUT2D eigenvalue weighted by molar-refractivity contribution is 6.43. The Balaban J connectivity index is 2.32. The highest BCUT2D eigenvalue weighted by atomic mass is 35.5. The molecule has 0 amide bonds. The molecule has 118 valence electrons. The molecule has 0 fully saturated rings. The van der Waals surface area contributed by atoms with Crippen molar-refractivity contribution in [2.24, 2.45) is 5.92 Å². The molecule has 1 aliphatic rings. The molecule has 1 aromatic heterocycles. The third-order valence-electron chi connectivity index (χ3n) is 4.60. The van der Waals surface area contributed by atoms with E-state index in [1.807, 2.05) is 12.1 Å². The molecule has 3 nitrogen and oxygen atoms in total. The minimum atomic E-state index is 0.271. The number of fused-ring (bicyclic) bond motifs is 1. The summed E-state index contributed by atoms with van der Waals surface area (Å²) < 4.78 is 0. The van der Waals surface area contributed by atoms with Crippen molar-refractivity contribution in [3.63, 3.8) is 0 Å². The van der Waals surface area contributed by atoms with Crippen LogP contribution in [0, 0.1) is 17.2 Å². The molecule has 5 heteroatoms. The van der Waals surface area contributed by atoms with Crippen LogP contribution in [0.15, 0.2) is 18.2 Å². The van der Waals surface area contributed by atoms with Gasteiger partial charge in [0.15, 0.2) is 0 Å². The number of anilines is 1. The largest absolute Gasteiger partial charge is 0.383 e. The number of rotatable bonds is 2. The molecule has 3 rings (SSSR count). The number of benzene rings is 1. The van der Waals surface area contributed by atoms with E-state index in [0.717, 1.165) is 48.1 Å². The van der Waals surface area contributed by atoms with Crippen LogP contribution in [0.4, 0.5) is 5.82 Å². The Morgan fingerprint density at radius 1 is 1.39 bits per heavy atom. The Bertz CT molecular complexity index is 809. The van der Waals surface area contributed by atoms with Crippen molar-refractivity contribution in [1.82, 2.24) is 4.98 Å². The van der Waals surface area contributed by atoms with E-state index < -0.39 is 0 Å². The van der Waals surface area contributed by atoms with Crippen molar-refractivity contribution < 1.29 is 0 Å². The molecule has 1 heterocycles. The van der Waals surface area contributed by atoms with Crippen LogP contribution in [0.3, 0.4) is 0 Å². The maximum absolute atomic E-state index is 9.60. The van der Waals surface area contributed by atoms with Gasteiger partial charge in [-0.1, -0.05) is 48.7 Å². The Morgan fingerprint density at radius 2 is 2.17 bits per heavy atom. The monoisotopic (exact) mass is 345 g/mol. The summed E-state index contributed by atoms with van der Waals surface area (Å²) in [6.45, 7) is 2.19. The van der Waals surface area contributed by atoms with Crippen LogP contribution < -0.4 is 5.73 Å². The van der Waals surface area contributed by atoms with Crippen LogP contribution in [-0.2, 0) is 12.8 Å². The van der Waals surface area contributed by atoms with Crippen molar-refractivity contribution in [3.05, 3.63) is 45.1 Å². The van der Waals surface area contributed by atoms with Gasteiger partial charge in [0.05, 0.1) is 10.0 Å². The summed E-state index contributed by atoms with van der Waals surface area (Å²) in [6, 6.07) is 7.67. The lowest BCUT2D eigenvalue weighted by molar-refractivity contribution is 0.441. The van der Waals surface area contributed by atoms with Gasteiger partial charge in [-0.25, -0.2) is 4.98 Å². The molecular weight excluding hydrogens is 329 g/mol. The second-order valence-electron chi connectivity index (χ2n) is 5.90. The van der Waals surface area contributed by atoms with Gasteiger partial charge >= 0.3 is 0 Å². The lowest BCUT2D eigenvalue weighted by Gasteiger charge is -2.26. The fraction of sp³-hybridized carbons (Fsp3) is 0.333. The lowest BCUT2D eigenvalue weighted by atomic mass is 9.80. The van der Waals surface area contributed by atoms with Gasteiger partial charge in [0.1, 0.15) is 17.5 Å². The second-order valence-corrected chi connectivity index (χ2v) is 6.69. The number of hydrogen-bond donors (Lipinski definition) is 1. The smallest absolute Gasteiger partial charge is 0.142 e. The van der Waals surface area contributed by atoms with Crippen LogP contribution in [0.25, 0.3) is 11.1 Å². The first-order chi connectivity index (χ1) is 11.1. The average molecular weight is 346 g/mol. The maximum atomic E-state index is 9.60. The van der Waals surface area contributed by atoms with E-state index in [2.05, 4.69) is 18.0 Å². The zero-order valence-corrected chi connectivity index (χ0v) is 14.4. The number of nitrogens with zero attached hydrogens (tertiary/aromatic N) is 2. The first kappa shape index (κ1) is 16.1. The molecular formula is C18H17Cl2N3.